The highest BCUT2D eigenvalue weighted by Gasteiger charge is 2.14. The van der Waals surface area contributed by atoms with Gasteiger partial charge in [-0.2, -0.15) is 5.26 Å². The Morgan fingerprint density at radius 1 is 1.36 bits per heavy atom. The van der Waals surface area contributed by atoms with E-state index >= 15 is 0 Å². The summed E-state index contributed by atoms with van der Waals surface area (Å²) >= 11 is 0. The van der Waals surface area contributed by atoms with Crippen molar-refractivity contribution in [3.63, 3.8) is 0 Å². The van der Waals surface area contributed by atoms with Crippen molar-refractivity contribution in [2.45, 2.75) is 57.9 Å². The molecule has 1 unspecified atom stereocenters. The SMILES string of the molecule is CCCC(C#N)CNC1CCCCC1. The fraction of sp³-hybridized carbons (Fsp3) is 0.917. The molecule has 14 heavy (non-hydrogen) atoms. The third kappa shape index (κ3) is 4.11. The molecule has 0 aromatic carbocycles. The summed E-state index contributed by atoms with van der Waals surface area (Å²) in [6, 6.07) is 3.07. The van der Waals surface area contributed by atoms with Gasteiger partial charge in [0.2, 0.25) is 0 Å². The van der Waals surface area contributed by atoms with Crippen molar-refractivity contribution in [3.8, 4) is 6.07 Å². The molecule has 0 aliphatic heterocycles. The first-order valence-electron chi connectivity index (χ1n) is 5.99. The highest BCUT2D eigenvalue weighted by atomic mass is 14.9. The zero-order valence-electron chi connectivity index (χ0n) is 9.26. The Balaban J connectivity index is 2.14. The molecule has 0 spiro atoms. The van der Waals surface area contributed by atoms with E-state index in [0.29, 0.717) is 6.04 Å². The number of hydrogen-bond donors (Lipinski definition) is 1. The molecule has 1 fully saturated rings. The van der Waals surface area contributed by atoms with Gasteiger partial charge >= 0.3 is 0 Å². The van der Waals surface area contributed by atoms with Crippen LogP contribution < -0.4 is 5.32 Å². The van der Waals surface area contributed by atoms with Crippen molar-refractivity contribution in [1.29, 1.82) is 5.26 Å². The number of hydrogen-bond acceptors (Lipinski definition) is 2. The second-order valence-corrected chi connectivity index (χ2v) is 4.36. The molecule has 0 heterocycles. The summed E-state index contributed by atoms with van der Waals surface area (Å²) < 4.78 is 0. The van der Waals surface area contributed by atoms with Crippen LogP contribution in [0, 0.1) is 17.2 Å². The van der Waals surface area contributed by atoms with Gasteiger partial charge in [0.25, 0.3) is 0 Å². The Bertz CT molecular complexity index is 177. The van der Waals surface area contributed by atoms with Gasteiger partial charge in [0, 0.05) is 12.6 Å². The zero-order valence-corrected chi connectivity index (χ0v) is 9.26. The van der Waals surface area contributed by atoms with Crippen LogP contribution in [0.15, 0.2) is 0 Å². The first-order valence-corrected chi connectivity index (χ1v) is 5.99. The first-order chi connectivity index (χ1) is 6.86. The summed E-state index contributed by atoms with van der Waals surface area (Å²) in [5.41, 5.74) is 0. The first kappa shape index (κ1) is 11.5. The van der Waals surface area contributed by atoms with E-state index in [1.54, 1.807) is 0 Å². The second-order valence-electron chi connectivity index (χ2n) is 4.36. The molecule has 80 valence electrons. The van der Waals surface area contributed by atoms with Crippen LogP contribution in [0.1, 0.15) is 51.9 Å². The molecule has 0 amide bonds. The van der Waals surface area contributed by atoms with Crippen molar-refractivity contribution in [2.24, 2.45) is 5.92 Å². The molecule has 1 N–H and O–H groups in total. The van der Waals surface area contributed by atoms with Crippen LogP contribution >= 0.6 is 0 Å². The lowest BCUT2D eigenvalue weighted by molar-refractivity contribution is 0.357. The smallest absolute Gasteiger partial charge is 0.0669 e. The summed E-state index contributed by atoms with van der Waals surface area (Å²) in [7, 11) is 0. The molecular weight excluding hydrogens is 172 g/mol. The lowest BCUT2D eigenvalue weighted by Crippen LogP contribution is -2.34. The van der Waals surface area contributed by atoms with E-state index in [1.807, 2.05) is 0 Å². The number of rotatable bonds is 5. The molecule has 1 aliphatic rings. The fourth-order valence-corrected chi connectivity index (χ4v) is 2.18. The average Bonchev–Trinajstić information content (AvgIpc) is 2.25. The van der Waals surface area contributed by atoms with Crippen LogP contribution in [0.2, 0.25) is 0 Å². The fourth-order valence-electron chi connectivity index (χ4n) is 2.18. The Morgan fingerprint density at radius 2 is 2.07 bits per heavy atom. The minimum absolute atomic E-state index is 0.224. The van der Waals surface area contributed by atoms with Gasteiger partial charge in [-0.05, 0) is 19.3 Å². The van der Waals surface area contributed by atoms with Gasteiger partial charge in [-0.3, -0.25) is 0 Å². The van der Waals surface area contributed by atoms with E-state index in [-0.39, 0.29) is 5.92 Å². The third-order valence-corrected chi connectivity index (χ3v) is 3.08. The minimum Gasteiger partial charge on any atom is -0.313 e. The van der Waals surface area contributed by atoms with Gasteiger partial charge in [-0.25, -0.2) is 0 Å². The Kier molecular flexibility index (Phi) is 5.63. The molecule has 1 rings (SSSR count). The highest BCUT2D eigenvalue weighted by Crippen LogP contribution is 2.17. The van der Waals surface area contributed by atoms with E-state index in [9.17, 15) is 0 Å². The predicted octanol–water partition coefficient (Wildman–Crippen LogP) is 2.85. The van der Waals surface area contributed by atoms with E-state index in [0.717, 1.165) is 19.4 Å². The number of nitrogens with one attached hydrogen (secondary N) is 1. The van der Waals surface area contributed by atoms with Crippen molar-refractivity contribution in [1.82, 2.24) is 5.32 Å². The van der Waals surface area contributed by atoms with Crippen LogP contribution in [-0.4, -0.2) is 12.6 Å². The van der Waals surface area contributed by atoms with Crippen LogP contribution in [0.3, 0.4) is 0 Å². The number of nitriles is 1. The Morgan fingerprint density at radius 3 is 2.64 bits per heavy atom. The lowest BCUT2D eigenvalue weighted by atomic mass is 9.95. The van der Waals surface area contributed by atoms with Crippen LogP contribution in [0.25, 0.3) is 0 Å². The highest BCUT2D eigenvalue weighted by molar-refractivity contribution is 4.85. The van der Waals surface area contributed by atoms with Gasteiger partial charge in [0.1, 0.15) is 0 Å². The Hall–Kier alpha value is -0.550. The van der Waals surface area contributed by atoms with E-state index in [2.05, 4.69) is 18.3 Å². The van der Waals surface area contributed by atoms with E-state index in [4.69, 9.17) is 5.26 Å². The average molecular weight is 194 g/mol. The third-order valence-electron chi connectivity index (χ3n) is 3.08. The van der Waals surface area contributed by atoms with Gasteiger partial charge in [0.15, 0.2) is 0 Å². The monoisotopic (exact) mass is 194 g/mol. The molecule has 2 heteroatoms. The molecule has 0 aromatic heterocycles. The van der Waals surface area contributed by atoms with Crippen LogP contribution in [0.4, 0.5) is 0 Å². The van der Waals surface area contributed by atoms with Gasteiger partial charge < -0.3 is 5.32 Å². The molecule has 1 aliphatic carbocycles. The van der Waals surface area contributed by atoms with Gasteiger partial charge in [-0.1, -0.05) is 32.6 Å². The topological polar surface area (TPSA) is 35.8 Å². The normalized spacial score (nSPS) is 20.3. The van der Waals surface area contributed by atoms with E-state index < -0.39 is 0 Å². The van der Waals surface area contributed by atoms with Gasteiger partial charge in [0.05, 0.1) is 12.0 Å². The summed E-state index contributed by atoms with van der Waals surface area (Å²) in [5.74, 6) is 0.224. The molecular formula is C12H22N2. The summed E-state index contributed by atoms with van der Waals surface area (Å²) in [5, 5.41) is 12.4. The molecule has 0 aromatic rings. The summed E-state index contributed by atoms with van der Waals surface area (Å²) in [4.78, 5) is 0. The van der Waals surface area contributed by atoms with Crippen molar-refractivity contribution >= 4 is 0 Å². The summed E-state index contributed by atoms with van der Waals surface area (Å²) in [6.45, 7) is 3.04. The predicted molar refractivity (Wildman–Crippen MR) is 58.9 cm³/mol. The quantitative estimate of drug-likeness (QED) is 0.730. The minimum atomic E-state index is 0.224. The molecule has 1 saturated carbocycles. The van der Waals surface area contributed by atoms with Crippen LogP contribution in [0.5, 0.6) is 0 Å². The van der Waals surface area contributed by atoms with Gasteiger partial charge in [-0.15, -0.1) is 0 Å². The van der Waals surface area contributed by atoms with Crippen molar-refractivity contribution in [2.75, 3.05) is 6.54 Å². The molecule has 1 atom stereocenters. The summed E-state index contributed by atoms with van der Waals surface area (Å²) in [6.07, 6.45) is 8.90. The largest absolute Gasteiger partial charge is 0.313 e. The number of nitrogens with zero attached hydrogens (tertiary/aromatic N) is 1. The maximum absolute atomic E-state index is 8.90. The van der Waals surface area contributed by atoms with Crippen molar-refractivity contribution in [3.05, 3.63) is 0 Å². The Labute approximate surface area is 87.7 Å². The molecule has 2 nitrogen and oxygen atoms in total. The second kappa shape index (κ2) is 6.84. The maximum Gasteiger partial charge on any atom is 0.0669 e. The standard InChI is InChI=1S/C12H22N2/c1-2-6-11(9-13)10-14-12-7-4-3-5-8-12/h11-12,14H,2-8,10H2,1H3. The maximum atomic E-state index is 8.90. The molecule has 0 radical (unpaired) electrons. The van der Waals surface area contributed by atoms with Crippen molar-refractivity contribution < 1.29 is 0 Å². The van der Waals surface area contributed by atoms with Crippen LogP contribution in [-0.2, 0) is 0 Å². The van der Waals surface area contributed by atoms with E-state index in [1.165, 1.54) is 32.1 Å². The molecule has 0 saturated heterocycles. The lowest BCUT2D eigenvalue weighted by Gasteiger charge is -2.23. The molecule has 0 bridgehead atoms. The zero-order chi connectivity index (χ0) is 10.2.